The van der Waals surface area contributed by atoms with E-state index in [1.54, 1.807) is 0 Å². The molecule has 4 unspecified atom stereocenters. The van der Waals surface area contributed by atoms with Crippen LogP contribution in [0, 0.1) is 16.7 Å². The van der Waals surface area contributed by atoms with E-state index in [4.69, 9.17) is 0 Å². The molecule has 5 nitrogen and oxygen atoms in total. The van der Waals surface area contributed by atoms with Gasteiger partial charge in [-0.2, -0.15) is 0 Å². The van der Waals surface area contributed by atoms with Crippen LogP contribution >= 0.6 is 11.3 Å². The lowest BCUT2D eigenvalue weighted by molar-refractivity contribution is -0.132. The average Bonchev–Trinajstić information content (AvgIpc) is 3.42. The fourth-order valence-corrected chi connectivity index (χ4v) is 7.16. The summed E-state index contributed by atoms with van der Waals surface area (Å²) in [6.07, 6.45) is 6.76. The summed E-state index contributed by atoms with van der Waals surface area (Å²) < 4.78 is 0. The van der Waals surface area contributed by atoms with Gasteiger partial charge in [-0.3, -0.25) is 9.59 Å². The van der Waals surface area contributed by atoms with Gasteiger partial charge in [0, 0.05) is 25.6 Å². The van der Waals surface area contributed by atoms with Crippen LogP contribution in [0.15, 0.2) is 17.5 Å². The Kier molecular flexibility index (Phi) is 5.77. The Morgan fingerprint density at radius 2 is 1.93 bits per heavy atom. The Hall–Kier alpha value is -1.40. The summed E-state index contributed by atoms with van der Waals surface area (Å²) in [5.74, 6) is 0.536. The van der Waals surface area contributed by atoms with Crippen LogP contribution in [0.3, 0.4) is 0 Å². The fourth-order valence-electron chi connectivity index (χ4n) is 6.53. The molecule has 0 aromatic carbocycles. The molecule has 2 saturated carbocycles. The lowest BCUT2D eigenvalue weighted by Gasteiger charge is -2.51. The van der Waals surface area contributed by atoms with Crippen molar-refractivity contribution in [2.75, 3.05) is 13.1 Å². The highest BCUT2D eigenvalue weighted by atomic mass is 32.1. The minimum atomic E-state index is -0.670. The number of amides is 2. The molecule has 1 aromatic rings. The molecule has 0 spiro atoms. The molecule has 2 amide bonds. The number of aliphatic hydroxyl groups is 1. The van der Waals surface area contributed by atoms with Crippen molar-refractivity contribution in [2.45, 2.75) is 83.8 Å². The standard InChI is InChI=1S/C24H36N2O3S/c1-22(2)16-19(25-21(28)17-7-6-14-30-17)24(11-10-23(3,29)15-18(22)24)9-8-20(27)26-12-4-5-13-26/h6-7,14,18-19,29H,4-5,8-13,15-16H2,1-3H3,(H,25,28). The maximum absolute atomic E-state index is 12.9. The van der Waals surface area contributed by atoms with Crippen molar-refractivity contribution in [3.63, 3.8) is 0 Å². The molecule has 166 valence electrons. The first-order valence-electron chi connectivity index (χ1n) is 11.5. The van der Waals surface area contributed by atoms with Gasteiger partial charge in [0.05, 0.1) is 10.5 Å². The molecule has 1 saturated heterocycles. The fraction of sp³-hybridized carbons (Fsp3) is 0.750. The molecule has 0 radical (unpaired) electrons. The molecule has 4 atom stereocenters. The second kappa shape index (κ2) is 7.94. The second-order valence-electron chi connectivity index (χ2n) is 10.8. The zero-order chi connectivity index (χ0) is 21.6. The van der Waals surface area contributed by atoms with Gasteiger partial charge in [-0.05, 0) is 80.1 Å². The third kappa shape index (κ3) is 4.05. The molecule has 4 rings (SSSR count). The highest BCUT2D eigenvalue weighted by Crippen LogP contribution is 2.64. The van der Waals surface area contributed by atoms with E-state index in [9.17, 15) is 14.7 Å². The van der Waals surface area contributed by atoms with E-state index in [0.717, 1.165) is 62.9 Å². The van der Waals surface area contributed by atoms with E-state index in [0.29, 0.717) is 6.42 Å². The minimum absolute atomic E-state index is 0.00553. The number of hydrogen-bond acceptors (Lipinski definition) is 4. The number of fused-ring (bicyclic) bond motifs is 1. The van der Waals surface area contributed by atoms with Gasteiger partial charge in [0.25, 0.3) is 5.91 Å². The number of nitrogens with one attached hydrogen (secondary N) is 1. The normalized spacial score (nSPS) is 35.3. The predicted octanol–water partition coefficient (Wildman–Crippen LogP) is 4.22. The second-order valence-corrected chi connectivity index (χ2v) is 11.7. The maximum Gasteiger partial charge on any atom is 0.261 e. The molecule has 3 aliphatic rings. The van der Waals surface area contributed by atoms with Crippen LogP contribution in [0.5, 0.6) is 0 Å². The highest BCUT2D eigenvalue weighted by molar-refractivity contribution is 7.12. The van der Waals surface area contributed by atoms with Crippen LogP contribution in [0.4, 0.5) is 0 Å². The van der Waals surface area contributed by atoms with Crippen LogP contribution in [-0.2, 0) is 4.79 Å². The smallest absolute Gasteiger partial charge is 0.261 e. The number of nitrogens with zero attached hydrogens (tertiary/aromatic N) is 1. The molecule has 2 heterocycles. The van der Waals surface area contributed by atoms with Crippen molar-refractivity contribution in [3.8, 4) is 0 Å². The van der Waals surface area contributed by atoms with Gasteiger partial charge in [0.1, 0.15) is 0 Å². The van der Waals surface area contributed by atoms with E-state index in [1.165, 1.54) is 11.3 Å². The molecular formula is C24H36N2O3S. The van der Waals surface area contributed by atoms with E-state index in [-0.39, 0.29) is 34.6 Å². The third-order valence-corrected chi connectivity index (χ3v) is 9.02. The summed E-state index contributed by atoms with van der Waals surface area (Å²) in [4.78, 5) is 28.5. The largest absolute Gasteiger partial charge is 0.390 e. The molecule has 1 aromatic heterocycles. The van der Waals surface area contributed by atoms with Crippen LogP contribution in [0.1, 0.15) is 81.8 Å². The van der Waals surface area contributed by atoms with Gasteiger partial charge in [-0.25, -0.2) is 0 Å². The number of carbonyl (C=O) groups excluding carboxylic acids is 2. The van der Waals surface area contributed by atoms with Crippen molar-refractivity contribution >= 4 is 23.2 Å². The van der Waals surface area contributed by atoms with E-state index >= 15 is 0 Å². The number of thiophene rings is 1. The lowest BCUT2D eigenvalue weighted by atomic mass is 9.57. The summed E-state index contributed by atoms with van der Waals surface area (Å²) in [5, 5.41) is 16.2. The van der Waals surface area contributed by atoms with Crippen molar-refractivity contribution < 1.29 is 14.7 Å². The average molecular weight is 433 g/mol. The summed E-state index contributed by atoms with van der Waals surface area (Å²) in [6.45, 7) is 8.25. The quantitative estimate of drug-likeness (QED) is 0.732. The number of likely N-dealkylation sites (tertiary alicyclic amines) is 1. The molecule has 2 N–H and O–H groups in total. The van der Waals surface area contributed by atoms with Crippen LogP contribution in [0.2, 0.25) is 0 Å². The Morgan fingerprint density at radius 3 is 2.60 bits per heavy atom. The molecule has 0 bridgehead atoms. The topological polar surface area (TPSA) is 69.6 Å². The number of rotatable bonds is 5. The summed E-state index contributed by atoms with van der Waals surface area (Å²) in [6, 6.07) is 3.81. The Labute approximate surface area is 184 Å². The first-order valence-corrected chi connectivity index (χ1v) is 12.4. The van der Waals surface area contributed by atoms with Crippen molar-refractivity contribution in [1.82, 2.24) is 10.2 Å². The van der Waals surface area contributed by atoms with Crippen molar-refractivity contribution in [3.05, 3.63) is 22.4 Å². The minimum Gasteiger partial charge on any atom is -0.390 e. The van der Waals surface area contributed by atoms with Crippen LogP contribution < -0.4 is 5.32 Å². The van der Waals surface area contributed by atoms with Gasteiger partial charge < -0.3 is 15.3 Å². The summed E-state index contributed by atoms with van der Waals surface area (Å²) >= 11 is 1.46. The summed E-state index contributed by atoms with van der Waals surface area (Å²) in [5.41, 5.74) is -0.792. The Morgan fingerprint density at radius 1 is 1.20 bits per heavy atom. The molecule has 2 aliphatic carbocycles. The van der Waals surface area contributed by atoms with Crippen molar-refractivity contribution in [1.29, 1.82) is 0 Å². The third-order valence-electron chi connectivity index (χ3n) is 8.15. The van der Waals surface area contributed by atoms with E-state index in [1.807, 2.05) is 29.3 Å². The zero-order valence-corrected chi connectivity index (χ0v) is 19.4. The van der Waals surface area contributed by atoms with Gasteiger partial charge in [0.2, 0.25) is 5.91 Å². The molecule has 6 heteroatoms. The maximum atomic E-state index is 12.9. The SMILES string of the molecule is CC1(O)CCC2(CCC(=O)N3CCCC3)C(NC(=O)c3cccs3)CC(C)(C)C2C1. The van der Waals surface area contributed by atoms with Crippen LogP contribution in [0.25, 0.3) is 0 Å². The molecule has 1 aliphatic heterocycles. The molecule has 3 fully saturated rings. The molecule has 30 heavy (non-hydrogen) atoms. The monoisotopic (exact) mass is 432 g/mol. The number of hydrogen-bond donors (Lipinski definition) is 2. The van der Waals surface area contributed by atoms with Gasteiger partial charge in [-0.15, -0.1) is 11.3 Å². The van der Waals surface area contributed by atoms with Gasteiger partial charge in [-0.1, -0.05) is 19.9 Å². The van der Waals surface area contributed by atoms with Gasteiger partial charge in [0.15, 0.2) is 0 Å². The van der Waals surface area contributed by atoms with Crippen molar-refractivity contribution in [2.24, 2.45) is 16.7 Å². The van der Waals surface area contributed by atoms with E-state index in [2.05, 4.69) is 19.2 Å². The summed E-state index contributed by atoms with van der Waals surface area (Å²) in [7, 11) is 0. The molecular weight excluding hydrogens is 396 g/mol. The Balaban J connectivity index is 1.58. The highest BCUT2D eigenvalue weighted by Gasteiger charge is 2.61. The zero-order valence-electron chi connectivity index (χ0n) is 18.6. The number of carbonyl (C=O) groups is 2. The Bertz CT molecular complexity index is 782. The van der Waals surface area contributed by atoms with E-state index < -0.39 is 5.60 Å². The first-order chi connectivity index (χ1) is 14.1. The predicted molar refractivity (Wildman–Crippen MR) is 119 cm³/mol. The lowest BCUT2D eigenvalue weighted by Crippen LogP contribution is -2.52. The first kappa shape index (κ1) is 21.8. The van der Waals surface area contributed by atoms with Gasteiger partial charge >= 0.3 is 0 Å². The van der Waals surface area contributed by atoms with Crippen LogP contribution in [-0.4, -0.2) is 46.6 Å².